The number of aromatic hydroxyl groups is 1. The van der Waals surface area contributed by atoms with E-state index in [2.05, 4.69) is 31.3 Å². The third kappa shape index (κ3) is 3.19. The molecule has 2 aromatic carbocycles. The molecule has 0 heterocycles. The minimum absolute atomic E-state index is 0.246. The number of ether oxygens (including phenoxy) is 1. The fraction of sp³-hybridized carbons (Fsp3) is 0.250. The summed E-state index contributed by atoms with van der Waals surface area (Å²) in [6, 6.07) is 11.6. The third-order valence-corrected chi connectivity index (χ3v) is 3.28. The number of aryl methyl sites for hydroxylation is 2. The van der Waals surface area contributed by atoms with Crippen molar-refractivity contribution in [3.8, 4) is 11.5 Å². The van der Waals surface area contributed by atoms with E-state index in [4.69, 9.17) is 4.74 Å². The minimum Gasteiger partial charge on any atom is -0.507 e. The number of nitrogens with one attached hydrogen (secondary N) is 1. The van der Waals surface area contributed by atoms with Crippen LogP contribution in [-0.4, -0.2) is 12.2 Å². The smallest absolute Gasteiger partial charge is 0.124 e. The molecule has 0 saturated heterocycles. The lowest BCUT2D eigenvalue weighted by atomic mass is 10.1. The molecule has 0 spiro atoms. The molecular weight excluding hydrogens is 238 g/mol. The van der Waals surface area contributed by atoms with Gasteiger partial charge < -0.3 is 15.2 Å². The molecule has 2 rings (SSSR count). The Morgan fingerprint density at radius 3 is 2.47 bits per heavy atom. The highest BCUT2D eigenvalue weighted by atomic mass is 16.5. The summed E-state index contributed by atoms with van der Waals surface area (Å²) in [6.07, 6.45) is 0. The highest BCUT2D eigenvalue weighted by Crippen LogP contribution is 2.24. The van der Waals surface area contributed by atoms with Crippen molar-refractivity contribution in [3.63, 3.8) is 0 Å². The second kappa shape index (κ2) is 5.65. The molecule has 0 bridgehead atoms. The van der Waals surface area contributed by atoms with Crippen molar-refractivity contribution in [2.24, 2.45) is 0 Å². The maximum absolute atomic E-state index is 9.88. The minimum atomic E-state index is 0.246. The van der Waals surface area contributed by atoms with Crippen molar-refractivity contribution in [2.75, 3.05) is 12.4 Å². The van der Waals surface area contributed by atoms with E-state index in [1.807, 2.05) is 18.2 Å². The number of methoxy groups -OCH3 is 1. The van der Waals surface area contributed by atoms with E-state index in [1.165, 1.54) is 11.1 Å². The standard InChI is InChI=1S/C16H19NO2/c1-11-4-6-14(8-12(11)2)17-10-13-5-7-15(19-3)9-16(13)18/h4-9,17-18H,10H2,1-3H3. The van der Waals surface area contributed by atoms with Crippen LogP contribution in [0.2, 0.25) is 0 Å². The maximum atomic E-state index is 9.88. The second-order valence-electron chi connectivity index (χ2n) is 4.65. The van der Waals surface area contributed by atoms with Crippen molar-refractivity contribution in [1.29, 1.82) is 0 Å². The first-order valence-corrected chi connectivity index (χ1v) is 6.27. The van der Waals surface area contributed by atoms with E-state index in [1.54, 1.807) is 13.2 Å². The van der Waals surface area contributed by atoms with Crippen LogP contribution < -0.4 is 10.1 Å². The van der Waals surface area contributed by atoms with Crippen LogP contribution in [0.3, 0.4) is 0 Å². The summed E-state index contributed by atoms with van der Waals surface area (Å²) in [6.45, 7) is 4.76. The largest absolute Gasteiger partial charge is 0.507 e. The van der Waals surface area contributed by atoms with Crippen LogP contribution in [0.5, 0.6) is 11.5 Å². The summed E-state index contributed by atoms with van der Waals surface area (Å²) in [5.41, 5.74) is 4.43. The monoisotopic (exact) mass is 257 g/mol. The van der Waals surface area contributed by atoms with E-state index in [9.17, 15) is 5.11 Å². The van der Waals surface area contributed by atoms with Gasteiger partial charge in [-0.05, 0) is 49.2 Å². The molecule has 0 aliphatic rings. The molecule has 0 aliphatic carbocycles. The molecule has 100 valence electrons. The topological polar surface area (TPSA) is 41.5 Å². The molecule has 0 fully saturated rings. The first-order chi connectivity index (χ1) is 9.10. The lowest BCUT2D eigenvalue weighted by molar-refractivity contribution is 0.406. The van der Waals surface area contributed by atoms with Crippen LogP contribution in [0.4, 0.5) is 5.69 Å². The Labute approximate surface area is 113 Å². The highest BCUT2D eigenvalue weighted by Gasteiger charge is 2.03. The molecule has 3 heteroatoms. The fourth-order valence-corrected chi connectivity index (χ4v) is 1.87. The van der Waals surface area contributed by atoms with Crippen LogP contribution in [0, 0.1) is 13.8 Å². The number of benzene rings is 2. The van der Waals surface area contributed by atoms with Crippen LogP contribution in [-0.2, 0) is 6.54 Å². The van der Waals surface area contributed by atoms with Crippen LogP contribution >= 0.6 is 0 Å². The first kappa shape index (κ1) is 13.3. The number of anilines is 1. The average Bonchev–Trinajstić information content (AvgIpc) is 2.41. The number of hydrogen-bond acceptors (Lipinski definition) is 3. The lowest BCUT2D eigenvalue weighted by Gasteiger charge is -2.10. The molecule has 3 nitrogen and oxygen atoms in total. The van der Waals surface area contributed by atoms with Gasteiger partial charge in [-0.15, -0.1) is 0 Å². The second-order valence-corrected chi connectivity index (χ2v) is 4.65. The van der Waals surface area contributed by atoms with Crippen molar-refractivity contribution < 1.29 is 9.84 Å². The predicted molar refractivity (Wildman–Crippen MR) is 77.9 cm³/mol. The summed E-state index contributed by atoms with van der Waals surface area (Å²) in [5, 5.41) is 13.2. The molecule has 0 amide bonds. The molecule has 0 aromatic heterocycles. The zero-order valence-corrected chi connectivity index (χ0v) is 11.5. The summed E-state index contributed by atoms with van der Waals surface area (Å²) in [4.78, 5) is 0. The van der Waals surface area contributed by atoms with Gasteiger partial charge in [0, 0.05) is 23.9 Å². The van der Waals surface area contributed by atoms with E-state index in [0.29, 0.717) is 12.3 Å². The highest BCUT2D eigenvalue weighted by molar-refractivity contribution is 5.49. The molecule has 0 saturated carbocycles. The number of phenolic OH excluding ortho intramolecular Hbond substituents is 1. The maximum Gasteiger partial charge on any atom is 0.124 e. The van der Waals surface area contributed by atoms with E-state index in [0.717, 1.165) is 11.3 Å². The van der Waals surface area contributed by atoms with Gasteiger partial charge in [-0.1, -0.05) is 6.07 Å². The molecule has 0 radical (unpaired) electrons. The molecule has 19 heavy (non-hydrogen) atoms. The molecule has 0 atom stereocenters. The zero-order chi connectivity index (χ0) is 13.8. The molecular formula is C16H19NO2. The van der Waals surface area contributed by atoms with Crippen molar-refractivity contribution >= 4 is 5.69 Å². The quantitative estimate of drug-likeness (QED) is 0.878. The van der Waals surface area contributed by atoms with E-state index in [-0.39, 0.29) is 5.75 Å². The first-order valence-electron chi connectivity index (χ1n) is 6.27. The molecule has 2 N–H and O–H groups in total. The zero-order valence-electron chi connectivity index (χ0n) is 11.5. The van der Waals surface area contributed by atoms with Gasteiger partial charge in [0.2, 0.25) is 0 Å². The van der Waals surface area contributed by atoms with Gasteiger partial charge in [-0.2, -0.15) is 0 Å². The van der Waals surface area contributed by atoms with Gasteiger partial charge in [0.15, 0.2) is 0 Å². The van der Waals surface area contributed by atoms with Crippen molar-refractivity contribution in [3.05, 3.63) is 53.1 Å². The van der Waals surface area contributed by atoms with Crippen LogP contribution in [0.1, 0.15) is 16.7 Å². The van der Waals surface area contributed by atoms with E-state index < -0.39 is 0 Å². The van der Waals surface area contributed by atoms with Crippen molar-refractivity contribution in [2.45, 2.75) is 20.4 Å². The molecule has 0 unspecified atom stereocenters. The summed E-state index contributed by atoms with van der Waals surface area (Å²) < 4.78 is 5.06. The van der Waals surface area contributed by atoms with Gasteiger partial charge in [0.25, 0.3) is 0 Å². The Hall–Kier alpha value is -2.16. The van der Waals surface area contributed by atoms with Gasteiger partial charge in [-0.25, -0.2) is 0 Å². The summed E-state index contributed by atoms with van der Waals surface area (Å²) in [7, 11) is 1.59. The SMILES string of the molecule is COc1ccc(CNc2ccc(C)c(C)c2)c(O)c1. The molecule has 2 aromatic rings. The van der Waals surface area contributed by atoms with E-state index >= 15 is 0 Å². The third-order valence-electron chi connectivity index (χ3n) is 3.28. The van der Waals surface area contributed by atoms with Crippen molar-refractivity contribution in [1.82, 2.24) is 0 Å². The average molecular weight is 257 g/mol. The van der Waals surface area contributed by atoms with Crippen LogP contribution in [0.15, 0.2) is 36.4 Å². The Morgan fingerprint density at radius 1 is 1.05 bits per heavy atom. The number of phenols is 1. The van der Waals surface area contributed by atoms with Crippen LogP contribution in [0.25, 0.3) is 0 Å². The summed E-state index contributed by atoms with van der Waals surface area (Å²) >= 11 is 0. The number of rotatable bonds is 4. The van der Waals surface area contributed by atoms with Gasteiger partial charge in [0.05, 0.1) is 7.11 Å². The number of hydrogen-bond donors (Lipinski definition) is 2. The summed E-state index contributed by atoms with van der Waals surface area (Å²) in [5.74, 6) is 0.906. The van der Waals surface area contributed by atoms with Gasteiger partial charge in [-0.3, -0.25) is 0 Å². The molecule has 0 aliphatic heterocycles. The van der Waals surface area contributed by atoms with Gasteiger partial charge in [0.1, 0.15) is 11.5 Å². The Kier molecular flexibility index (Phi) is 3.95. The normalized spacial score (nSPS) is 10.3. The predicted octanol–water partition coefficient (Wildman–Crippen LogP) is 3.63. The Balaban J connectivity index is 2.07. The Morgan fingerprint density at radius 2 is 1.84 bits per heavy atom. The fourth-order valence-electron chi connectivity index (χ4n) is 1.87. The van der Waals surface area contributed by atoms with Gasteiger partial charge >= 0.3 is 0 Å². The Bertz CT molecular complexity index is 579. The lowest BCUT2D eigenvalue weighted by Crippen LogP contribution is -2.00.